The number of hydrogen-bond acceptors (Lipinski definition) is 5. The SMILES string of the molecule is COC(=O)Cc1c(Cl)c(OCc2ccc(F)cc2F)cc(=O)n1-c1cccc(C(N)=O)c1. The van der Waals surface area contributed by atoms with Gasteiger partial charge in [0.1, 0.15) is 29.0 Å². The first-order chi connectivity index (χ1) is 15.2. The van der Waals surface area contributed by atoms with E-state index in [0.29, 0.717) is 6.07 Å². The first-order valence-electron chi connectivity index (χ1n) is 9.19. The average molecular weight is 463 g/mol. The van der Waals surface area contributed by atoms with Gasteiger partial charge in [-0.25, -0.2) is 8.78 Å². The Morgan fingerprint density at radius 1 is 1.12 bits per heavy atom. The molecule has 1 heterocycles. The van der Waals surface area contributed by atoms with Gasteiger partial charge >= 0.3 is 5.97 Å². The number of amides is 1. The second-order valence-electron chi connectivity index (χ2n) is 6.63. The van der Waals surface area contributed by atoms with Crippen molar-refractivity contribution in [3.05, 3.63) is 92.4 Å². The molecule has 32 heavy (non-hydrogen) atoms. The third kappa shape index (κ3) is 4.94. The number of primary amides is 1. The molecule has 0 aliphatic heterocycles. The highest BCUT2D eigenvalue weighted by molar-refractivity contribution is 6.32. The monoisotopic (exact) mass is 462 g/mol. The number of aromatic nitrogens is 1. The zero-order valence-electron chi connectivity index (χ0n) is 16.7. The van der Waals surface area contributed by atoms with Crippen LogP contribution in [0.4, 0.5) is 8.78 Å². The molecule has 0 bridgehead atoms. The lowest BCUT2D eigenvalue weighted by Gasteiger charge is -2.17. The predicted octanol–water partition coefficient (Wildman–Crippen LogP) is 3.16. The molecular formula is C22H17ClF2N2O5. The molecule has 0 unspecified atom stereocenters. The van der Waals surface area contributed by atoms with Crippen LogP contribution in [0.2, 0.25) is 5.02 Å². The van der Waals surface area contributed by atoms with Crippen molar-refractivity contribution in [3.8, 4) is 11.4 Å². The highest BCUT2D eigenvalue weighted by atomic mass is 35.5. The number of hydrogen-bond donors (Lipinski definition) is 1. The van der Waals surface area contributed by atoms with Crippen LogP contribution in [-0.4, -0.2) is 23.6 Å². The summed E-state index contributed by atoms with van der Waals surface area (Å²) in [6.07, 6.45) is -0.395. The molecule has 166 valence electrons. The van der Waals surface area contributed by atoms with Gasteiger partial charge in [-0.05, 0) is 30.3 Å². The second-order valence-corrected chi connectivity index (χ2v) is 7.01. The highest BCUT2D eigenvalue weighted by Crippen LogP contribution is 2.30. The smallest absolute Gasteiger partial charge is 0.311 e. The van der Waals surface area contributed by atoms with Crippen LogP contribution in [0.3, 0.4) is 0 Å². The van der Waals surface area contributed by atoms with Crippen LogP contribution in [0.1, 0.15) is 21.6 Å². The lowest BCUT2D eigenvalue weighted by atomic mass is 10.1. The number of nitrogens with two attached hydrogens (primary N) is 1. The molecule has 0 atom stereocenters. The van der Waals surface area contributed by atoms with Gasteiger partial charge in [-0.15, -0.1) is 0 Å². The van der Waals surface area contributed by atoms with Gasteiger partial charge in [-0.2, -0.15) is 0 Å². The van der Waals surface area contributed by atoms with Crippen LogP contribution < -0.4 is 16.0 Å². The first-order valence-corrected chi connectivity index (χ1v) is 9.57. The molecule has 0 radical (unpaired) electrons. The van der Waals surface area contributed by atoms with Crippen LogP contribution >= 0.6 is 11.6 Å². The molecule has 0 aliphatic carbocycles. The summed E-state index contributed by atoms with van der Waals surface area (Å²) in [6, 6.07) is 9.90. The Hall–Kier alpha value is -3.72. The Kier molecular flexibility index (Phi) is 6.89. The number of rotatable bonds is 7. The van der Waals surface area contributed by atoms with Gasteiger partial charge in [0.05, 0.1) is 19.2 Å². The predicted molar refractivity (Wildman–Crippen MR) is 112 cm³/mol. The van der Waals surface area contributed by atoms with Crippen LogP contribution in [0, 0.1) is 11.6 Å². The zero-order chi connectivity index (χ0) is 23.4. The van der Waals surface area contributed by atoms with Crippen LogP contribution in [-0.2, 0) is 22.6 Å². The molecule has 0 spiro atoms. The maximum Gasteiger partial charge on any atom is 0.311 e. The maximum absolute atomic E-state index is 13.9. The van der Waals surface area contributed by atoms with Crippen LogP contribution in [0.5, 0.6) is 5.75 Å². The summed E-state index contributed by atoms with van der Waals surface area (Å²) in [5, 5.41) is -0.0954. The Morgan fingerprint density at radius 2 is 1.88 bits per heavy atom. The lowest BCUT2D eigenvalue weighted by Crippen LogP contribution is -2.25. The van der Waals surface area contributed by atoms with Crippen molar-refractivity contribution < 1.29 is 27.8 Å². The van der Waals surface area contributed by atoms with Gasteiger partial charge in [-0.1, -0.05) is 17.7 Å². The Morgan fingerprint density at radius 3 is 2.53 bits per heavy atom. The first kappa shape index (κ1) is 23.0. The lowest BCUT2D eigenvalue weighted by molar-refractivity contribution is -0.139. The summed E-state index contributed by atoms with van der Waals surface area (Å²) >= 11 is 6.43. The fourth-order valence-electron chi connectivity index (χ4n) is 2.96. The minimum Gasteiger partial charge on any atom is -0.487 e. The van der Waals surface area contributed by atoms with Crippen molar-refractivity contribution in [1.82, 2.24) is 4.57 Å². The molecule has 1 amide bonds. The van der Waals surface area contributed by atoms with Crippen molar-refractivity contribution in [3.63, 3.8) is 0 Å². The number of methoxy groups -OCH3 is 1. The molecule has 0 aliphatic rings. The van der Waals surface area contributed by atoms with Gasteiger partial charge in [0.15, 0.2) is 0 Å². The topological polar surface area (TPSA) is 101 Å². The van der Waals surface area contributed by atoms with Crippen molar-refractivity contribution in [2.45, 2.75) is 13.0 Å². The fourth-order valence-corrected chi connectivity index (χ4v) is 3.22. The van der Waals surface area contributed by atoms with Crippen molar-refractivity contribution >= 4 is 23.5 Å². The van der Waals surface area contributed by atoms with Crippen molar-refractivity contribution in [1.29, 1.82) is 0 Å². The van der Waals surface area contributed by atoms with E-state index < -0.39 is 35.5 Å². The molecule has 3 rings (SSSR count). The van der Waals surface area contributed by atoms with Crippen LogP contribution in [0.15, 0.2) is 53.3 Å². The summed E-state index contributed by atoms with van der Waals surface area (Å²) in [6.45, 7) is -0.343. The van der Waals surface area contributed by atoms with Gasteiger partial charge in [0, 0.05) is 28.9 Å². The summed E-state index contributed by atoms with van der Waals surface area (Å²) in [5.41, 5.74) is 5.12. The van der Waals surface area contributed by atoms with Crippen molar-refractivity contribution in [2.24, 2.45) is 5.73 Å². The Balaban J connectivity index is 2.08. The van der Waals surface area contributed by atoms with E-state index in [-0.39, 0.29) is 39.9 Å². The highest BCUT2D eigenvalue weighted by Gasteiger charge is 2.20. The molecule has 1 aromatic heterocycles. The minimum atomic E-state index is -0.826. The van der Waals surface area contributed by atoms with Gasteiger partial charge in [0.2, 0.25) is 5.91 Å². The Bertz CT molecular complexity index is 1260. The molecule has 0 fully saturated rings. The number of carbonyl (C=O) groups is 2. The third-order valence-corrected chi connectivity index (χ3v) is 4.95. The van der Waals surface area contributed by atoms with Gasteiger partial charge in [-0.3, -0.25) is 19.0 Å². The Labute approximate surface area is 185 Å². The van der Waals surface area contributed by atoms with E-state index in [0.717, 1.165) is 16.7 Å². The third-order valence-electron chi connectivity index (χ3n) is 4.54. The second kappa shape index (κ2) is 9.61. The molecule has 2 N–H and O–H groups in total. The summed E-state index contributed by atoms with van der Waals surface area (Å²) in [7, 11) is 1.17. The number of esters is 1. The molecule has 0 saturated heterocycles. The molecule has 7 nitrogen and oxygen atoms in total. The number of nitrogens with zero attached hydrogens (tertiary/aromatic N) is 1. The van der Waals surface area contributed by atoms with E-state index in [1.807, 2.05) is 0 Å². The van der Waals surface area contributed by atoms with Crippen molar-refractivity contribution in [2.75, 3.05) is 7.11 Å². The standard InChI is InChI=1S/C22H17ClF2N2O5/c1-31-20(29)9-17-21(23)18(32-11-13-5-6-14(24)8-16(13)25)10-19(28)27(17)15-4-2-3-12(7-15)22(26)30/h2-8,10H,9,11H2,1H3,(H2,26,30). The van der Waals surface area contributed by atoms with Gasteiger partial charge in [0.25, 0.3) is 5.56 Å². The number of ether oxygens (including phenoxy) is 2. The molecular weight excluding hydrogens is 446 g/mol. The van der Waals surface area contributed by atoms with Crippen LogP contribution in [0.25, 0.3) is 5.69 Å². The minimum absolute atomic E-state index is 0.0298. The van der Waals surface area contributed by atoms with E-state index in [4.69, 9.17) is 22.1 Å². The maximum atomic E-state index is 13.9. The molecule has 10 heteroatoms. The number of benzene rings is 2. The largest absolute Gasteiger partial charge is 0.487 e. The quantitative estimate of drug-likeness (QED) is 0.543. The summed E-state index contributed by atoms with van der Waals surface area (Å²) in [5.74, 6) is -3.07. The van der Waals surface area contributed by atoms with E-state index >= 15 is 0 Å². The number of halogens is 3. The number of pyridine rings is 1. The van der Waals surface area contributed by atoms with E-state index in [2.05, 4.69) is 4.74 Å². The molecule has 0 saturated carbocycles. The van der Waals surface area contributed by atoms with E-state index in [9.17, 15) is 23.2 Å². The van der Waals surface area contributed by atoms with E-state index in [1.54, 1.807) is 0 Å². The summed E-state index contributed by atoms with van der Waals surface area (Å²) in [4.78, 5) is 36.4. The average Bonchev–Trinajstić information content (AvgIpc) is 2.76. The van der Waals surface area contributed by atoms with Gasteiger partial charge < -0.3 is 15.2 Å². The zero-order valence-corrected chi connectivity index (χ0v) is 17.5. The molecule has 2 aromatic carbocycles. The fraction of sp³-hybridized carbons (Fsp3) is 0.136. The normalized spacial score (nSPS) is 10.6. The number of carbonyl (C=O) groups excluding carboxylic acids is 2. The van der Waals surface area contributed by atoms with E-state index in [1.165, 1.54) is 37.4 Å². The summed E-state index contributed by atoms with van der Waals surface area (Å²) < 4.78 is 38.3. The molecule has 3 aromatic rings.